The summed E-state index contributed by atoms with van der Waals surface area (Å²) in [7, 11) is 0. The molecular weight excluding hydrogens is 210 g/mol. The van der Waals surface area contributed by atoms with E-state index >= 15 is 0 Å². The SMILES string of the molecule is CCc1cc(=O)c2c(Cl)ccc(C)c2[nH]1. The van der Waals surface area contributed by atoms with Crippen molar-refractivity contribution in [2.24, 2.45) is 0 Å². The van der Waals surface area contributed by atoms with Gasteiger partial charge in [-0.25, -0.2) is 0 Å². The minimum atomic E-state index is -0.00528. The van der Waals surface area contributed by atoms with Crippen LogP contribution in [0.25, 0.3) is 10.9 Å². The molecule has 2 aromatic rings. The first-order valence-corrected chi connectivity index (χ1v) is 5.32. The van der Waals surface area contributed by atoms with Gasteiger partial charge in [0, 0.05) is 11.8 Å². The van der Waals surface area contributed by atoms with Crippen LogP contribution in [0.1, 0.15) is 18.2 Å². The van der Waals surface area contributed by atoms with Gasteiger partial charge in [0.1, 0.15) is 0 Å². The molecule has 0 bridgehead atoms. The maximum absolute atomic E-state index is 11.8. The van der Waals surface area contributed by atoms with Gasteiger partial charge >= 0.3 is 0 Å². The summed E-state index contributed by atoms with van der Waals surface area (Å²) in [6.07, 6.45) is 0.817. The number of aromatic nitrogens is 1. The normalized spacial score (nSPS) is 10.9. The number of benzene rings is 1. The van der Waals surface area contributed by atoms with Crippen molar-refractivity contribution in [3.63, 3.8) is 0 Å². The molecule has 0 unspecified atom stereocenters. The molecule has 0 spiro atoms. The molecular formula is C12H12ClNO. The van der Waals surface area contributed by atoms with Crippen molar-refractivity contribution in [3.8, 4) is 0 Å². The molecule has 0 saturated carbocycles. The van der Waals surface area contributed by atoms with Crippen molar-refractivity contribution in [2.75, 3.05) is 0 Å². The predicted octanol–water partition coefficient (Wildman–Crippen LogP) is 3.05. The number of rotatable bonds is 1. The zero-order chi connectivity index (χ0) is 11.0. The molecule has 78 valence electrons. The predicted molar refractivity (Wildman–Crippen MR) is 63.7 cm³/mol. The van der Waals surface area contributed by atoms with Gasteiger partial charge < -0.3 is 4.98 Å². The van der Waals surface area contributed by atoms with Crippen LogP contribution in [0.15, 0.2) is 23.0 Å². The molecule has 0 aliphatic rings. The van der Waals surface area contributed by atoms with Crippen LogP contribution in [0.4, 0.5) is 0 Å². The smallest absolute Gasteiger partial charge is 0.191 e. The quantitative estimate of drug-likeness (QED) is 0.789. The number of nitrogens with one attached hydrogen (secondary N) is 1. The lowest BCUT2D eigenvalue weighted by atomic mass is 10.1. The summed E-state index contributed by atoms with van der Waals surface area (Å²) in [5.74, 6) is 0. The number of H-pyrrole nitrogens is 1. The minimum Gasteiger partial charge on any atom is -0.358 e. The van der Waals surface area contributed by atoms with Crippen LogP contribution < -0.4 is 5.43 Å². The lowest BCUT2D eigenvalue weighted by Gasteiger charge is -2.06. The molecule has 1 aromatic carbocycles. The minimum absolute atomic E-state index is 0.00528. The molecule has 0 atom stereocenters. The van der Waals surface area contributed by atoms with E-state index in [1.54, 1.807) is 12.1 Å². The largest absolute Gasteiger partial charge is 0.358 e. The van der Waals surface area contributed by atoms with E-state index in [0.29, 0.717) is 10.4 Å². The van der Waals surface area contributed by atoms with Crippen molar-refractivity contribution in [2.45, 2.75) is 20.3 Å². The maximum Gasteiger partial charge on any atom is 0.191 e. The number of pyridine rings is 1. The average molecular weight is 222 g/mol. The summed E-state index contributed by atoms with van der Waals surface area (Å²) in [5.41, 5.74) is 2.83. The Labute approximate surface area is 92.9 Å². The van der Waals surface area contributed by atoms with Gasteiger partial charge in [0.05, 0.1) is 15.9 Å². The summed E-state index contributed by atoms with van der Waals surface area (Å²) in [6.45, 7) is 3.98. The number of halogens is 1. The number of hydrogen-bond donors (Lipinski definition) is 1. The van der Waals surface area contributed by atoms with Gasteiger partial charge in [-0.1, -0.05) is 24.6 Å². The Morgan fingerprint density at radius 1 is 1.40 bits per heavy atom. The second kappa shape index (κ2) is 3.70. The summed E-state index contributed by atoms with van der Waals surface area (Å²) < 4.78 is 0. The van der Waals surface area contributed by atoms with Crippen LogP contribution in [-0.2, 0) is 6.42 Å². The Morgan fingerprint density at radius 3 is 2.80 bits per heavy atom. The monoisotopic (exact) mass is 221 g/mol. The highest BCUT2D eigenvalue weighted by molar-refractivity contribution is 6.35. The highest BCUT2D eigenvalue weighted by Gasteiger charge is 2.07. The summed E-state index contributed by atoms with van der Waals surface area (Å²) >= 11 is 6.01. The topological polar surface area (TPSA) is 32.9 Å². The third kappa shape index (κ3) is 1.65. The first-order chi connectivity index (χ1) is 7.13. The van der Waals surface area contributed by atoms with E-state index in [4.69, 9.17) is 11.6 Å². The lowest BCUT2D eigenvalue weighted by molar-refractivity contribution is 1.05. The van der Waals surface area contributed by atoms with E-state index in [1.165, 1.54) is 0 Å². The van der Waals surface area contributed by atoms with Crippen molar-refractivity contribution >= 4 is 22.5 Å². The highest BCUT2D eigenvalue weighted by Crippen LogP contribution is 2.22. The Balaban J connectivity index is 2.97. The Morgan fingerprint density at radius 2 is 2.13 bits per heavy atom. The third-order valence-corrected chi connectivity index (χ3v) is 2.90. The number of hydrogen-bond acceptors (Lipinski definition) is 1. The third-order valence-electron chi connectivity index (χ3n) is 2.58. The van der Waals surface area contributed by atoms with Gasteiger partial charge in [-0.2, -0.15) is 0 Å². The fourth-order valence-electron chi connectivity index (χ4n) is 1.70. The molecule has 0 aliphatic carbocycles. The molecule has 2 nitrogen and oxygen atoms in total. The van der Waals surface area contributed by atoms with Gasteiger partial charge in [-0.3, -0.25) is 4.79 Å². The molecule has 1 heterocycles. The van der Waals surface area contributed by atoms with Crippen LogP contribution >= 0.6 is 11.6 Å². The Bertz CT molecular complexity index is 572. The highest BCUT2D eigenvalue weighted by atomic mass is 35.5. The molecule has 1 N–H and O–H groups in total. The molecule has 0 radical (unpaired) electrons. The molecule has 3 heteroatoms. The van der Waals surface area contributed by atoms with Crippen LogP contribution in [0.2, 0.25) is 5.02 Å². The first kappa shape index (κ1) is 10.2. The van der Waals surface area contributed by atoms with Gasteiger partial charge in [0.25, 0.3) is 0 Å². The van der Waals surface area contributed by atoms with E-state index in [-0.39, 0.29) is 5.43 Å². The number of fused-ring (bicyclic) bond motifs is 1. The standard InChI is InChI=1S/C12H12ClNO/c1-3-8-6-10(15)11-9(13)5-4-7(2)12(11)14-8/h4-6H,3H2,1-2H3,(H,14,15). The van der Waals surface area contributed by atoms with Crippen molar-refractivity contribution in [3.05, 3.63) is 44.7 Å². The first-order valence-electron chi connectivity index (χ1n) is 4.94. The average Bonchev–Trinajstić information content (AvgIpc) is 2.23. The van der Waals surface area contributed by atoms with E-state index in [1.807, 2.05) is 19.9 Å². The fourth-order valence-corrected chi connectivity index (χ4v) is 1.95. The van der Waals surface area contributed by atoms with Crippen LogP contribution in [0.5, 0.6) is 0 Å². The molecule has 0 aliphatic heterocycles. The Hall–Kier alpha value is -1.28. The number of aromatic amines is 1. The van der Waals surface area contributed by atoms with Crippen molar-refractivity contribution < 1.29 is 0 Å². The maximum atomic E-state index is 11.8. The van der Waals surface area contributed by atoms with Crippen LogP contribution in [0, 0.1) is 6.92 Å². The van der Waals surface area contributed by atoms with E-state index in [2.05, 4.69) is 4.98 Å². The summed E-state index contributed by atoms with van der Waals surface area (Å²) in [6, 6.07) is 5.30. The molecule has 1 aromatic heterocycles. The molecule has 0 amide bonds. The second-order valence-corrected chi connectivity index (χ2v) is 4.03. The second-order valence-electron chi connectivity index (χ2n) is 3.63. The zero-order valence-corrected chi connectivity index (χ0v) is 9.48. The molecule has 2 rings (SSSR count). The van der Waals surface area contributed by atoms with Crippen molar-refractivity contribution in [1.29, 1.82) is 0 Å². The van der Waals surface area contributed by atoms with Crippen LogP contribution in [0.3, 0.4) is 0 Å². The van der Waals surface area contributed by atoms with Crippen molar-refractivity contribution in [1.82, 2.24) is 4.98 Å². The van der Waals surface area contributed by atoms with Gasteiger partial charge in [0.15, 0.2) is 5.43 Å². The summed E-state index contributed by atoms with van der Waals surface area (Å²) in [4.78, 5) is 15.1. The molecule has 15 heavy (non-hydrogen) atoms. The Kier molecular flexibility index (Phi) is 2.53. The lowest BCUT2D eigenvalue weighted by Crippen LogP contribution is -2.06. The summed E-state index contributed by atoms with van der Waals surface area (Å²) in [5, 5.41) is 1.10. The van der Waals surface area contributed by atoms with Crippen LogP contribution in [-0.4, -0.2) is 4.98 Å². The van der Waals surface area contributed by atoms with E-state index < -0.39 is 0 Å². The van der Waals surface area contributed by atoms with Gasteiger partial charge in [0.2, 0.25) is 0 Å². The van der Waals surface area contributed by atoms with E-state index in [9.17, 15) is 4.79 Å². The fraction of sp³-hybridized carbons (Fsp3) is 0.250. The van der Waals surface area contributed by atoms with E-state index in [0.717, 1.165) is 23.2 Å². The molecule has 0 saturated heterocycles. The van der Waals surface area contributed by atoms with Gasteiger partial charge in [-0.15, -0.1) is 0 Å². The number of aryl methyl sites for hydroxylation is 2. The van der Waals surface area contributed by atoms with Gasteiger partial charge in [-0.05, 0) is 25.0 Å². The molecule has 0 fully saturated rings. The zero-order valence-electron chi connectivity index (χ0n) is 8.73.